The number of hydrogen-bond donors (Lipinski definition) is 1. The predicted molar refractivity (Wildman–Crippen MR) is 63.3 cm³/mol. The van der Waals surface area contributed by atoms with Crippen molar-refractivity contribution in [2.75, 3.05) is 0 Å². The lowest BCUT2D eigenvalue weighted by molar-refractivity contribution is 0.558. The molecule has 0 amide bonds. The molecule has 0 saturated heterocycles. The van der Waals surface area contributed by atoms with Gasteiger partial charge in [0.25, 0.3) is 0 Å². The molecular weight excluding hydrogens is 200 g/mol. The first-order chi connectivity index (χ1) is 7.63. The van der Waals surface area contributed by atoms with Gasteiger partial charge < -0.3 is 10.2 Å². The first-order valence-corrected chi connectivity index (χ1v) is 5.76. The Hall–Kier alpha value is -1.35. The molecule has 0 aliphatic heterocycles. The number of benzene rings is 1. The van der Waals surface area contributed by atoms with Gasteiger partial charge in [0.15, 0.2) is 11.5 Å². The van der Waals surface area contributed by atoms with E-state index >= 15 is 0 Å². The van der Waals surface area contributed by atoms with Crippen molar-refractivity contribution in [1.29, 1.82) is 0 Å². The Balaban J connectivity index is 2.24. The highest BCUT2D eigenvalue weighted by atomic mass is 16.3. The Kier molecular flexibility index (Phi) is 1.89. The van der Waals surface area contributed by atoms with Crippen LogP contribution in [0.4, 0.5) is 0 Å². The number of nitrogens with zero attached hydrogens (tertiary/aromatic N) is 1. The van der Waals surface area contributed by atoms with Crippen molar-refractivity contribution in [3.63, 3.8) is 0 Å². The standard InChI is InChI=1S/C13H16N2O/c1-8(14)13(6-7-13)10-4-3-5-11-12(10)15-9(2)16-11/h3-5,8H,6-7,14H2,1-2H3. The van der Waals surface area contributed by atoms with E-state index in [1.54, 1.807) is 0 Å². The largest absolute Gasteiger partial charge is 0.441 e. The number of nitrogens with two attached hydrogens (primary N) is 1. The van der Waals surface area contributed by atoms with Crippen molar-refractivity contribution >= 4 is 11.1 Å². The maximum absolute atomic E-state index is 6.10. The summed E-state index contributed by atoms with van der Waals surface area (Å²) in [6, 6.07) is 6.32. The third-order valence-electron chi connectivity index (χ3n) is 3.72. The minimum Gasteiger partial charge on any atom is -0.441 e. The van der Waals surface area contributed by atoms with Crippen LogP contribution in [0.15, 0.2) is 22.6 Å². The first kappa shape index (κ1) is 9.85. The molecule has 16 heavy (non-hydrogen) atoms. The van der Waals surface area contributed by atoms with Crippen LogP contribution in [0.5, 0.6) is 0 Å². The summed E-state index contributed by atoms with van der Waals surface area (Å²) in [7, 11) is 0. The summed E-state index contributed by atoms with van der Waals surface area (Å²) in [6.07, 6.45) is 2.32. The topological polar surface area (TPSA) is 52.0 Å². The van der Waals surface area contributed by atoms with Crippen LogP contribution in [-0.2, 0) is 5.41 Å². The number of hydrogen-bond acceptors (Lipinski definition) is 3. The van der Waals surface area contributed by atoms with Gasteiger partial charge in [-0.1, -0.05) is 12.1 Å². The molecule has 1 aliphatic rings. The van der Waals surface area contributed by atoms with Gasteiger partial charge >= 0.3 is 0 Å². The number of para-hydroxylation sites is 1. The third-order valence-corrected chi connectivity index (χ3v) is 3.72. The quantitative estimate of drug-likeness (QED) is 0.839. The molecular formula is C13H16N2O. The molecule has 2 N–H and O–H groups in total. The van der Waals surface area contributed by atoms with E-state index in [-0.39, 0.29) is 11.5 Å². The minimum atomic E-state index is 0.142. The smallest absolute Gasteiger partial charge is 0.192 e. The molecule has 0 radical (unpaired) electrons. The zero-order valence-electron chi connectivity index (χ0n) is 9.66. The fourth-order valence-electron chi connectivity index (χ4n) is 2.57. The van der Waals surface area contributed by atoms with Crippen molar-refractivity contribution in [1.82, 2.24) is 4.98 Å². The van der Waals surface area contributed by atoms with Crippen molar-refractivity contribution in [3.8, 4) is 0 Å². The second kappa shape index (κ2) is 3.08. The summed E-state index contributed by atoms with van der Waals surface area (Å²) in [5, 5.41) is 0. The zero-order chi connectivity index (χ0) is 11.3. The van der Waals surface area contributed by atoms with E-state index < -0.39 is 0 Å². The minimum absolute atomic E-state index is 0.142. The Morgan fingerprint density at radius 2 is 2.19 bits per heavy atom. The average molecular weight is 216 g/mol. The van der Waals surface area contributed by atoms with E-state index in [1.807, 2.05) is 19.1 Å². The highest BCUT2D eigenvalue weighted by Gasteiger charge is 2.48. The van der Waals surface area contributed by atoms with Crippen LogP contribution in [-0.4, -0.2) is 11.0 Å². The lowest BCUT2D eigenvalue weighted by Crippen LogP contribution is -2.31. The molecule has 1 unspecified atom stereocenters. The Labute approximate surface area is 94.7 Å². The van der Waals surface area contributed by atoms with E-state index in [2.05, 4.69) is 18.0 Å². The van der Waals surface area contributed by atoms with Crippen LogP contribution >= 0.6 is 0 Å². The molecule has 3 rings (SSSR count). The highest BCUT2D eigenvalue weighted by Crippen LogP contribution is 2.52. The average Bonchev–Trinajstić information content (AvgIpc) is 2.94. The lowest BCUT2D eigenvalue weighted by atomic mass is 9.89. The molecule has 3 heteroatoms. The van der Waals surface area contributed by atoms with Crippen molar-refractivity contribution in [3.05, 3.63) is 29.7 Å². The first-order valence-electron chi connectivity index (χ1n) is 5.76. The third kappa shape index (κ3) is 1.21. The summed E-state index contributed by atoms with van der Waals surface area (Å²) in [5.74, 6) is 0.725. The van der Waals surface area contributed by atoms with Crippen LogP contribution in [0.1, 0.15) is 31.2 Å². The van der Waals surface area contributed by atoms with E-state index in [4.69, 9.17) is 10.2 Å². The van der Waals surface area contributed by atoms with Gasteiger partial charge in [-0.25, -0.2) is 4.98 Å². The Morgan fingerprint density at radius 3 is 2.81 bits per heavy atom. The summed E-state index contributed by atoms with van der Waals surface area (Å²) in [5.41, 5.74) is 9.38. The monoisotopic (exact) mass is 216 g/mol. The number of aryl methyl sites for hydroxylation is 1. The normalized spacial score (nSPS) is 19.9. The van der Waals surface area contributed by atoms with Gasteiger partial charge in [0.1, 0.15) is 5.52 Å². The van der Waals surface area contributed by atoms with Crippen molar-refractivity contribution in [2.45, 2.75) is 38.1 Å². The van der Waals surface area contributed by atoms with Crippen LogP contribution in [0.3, 0.4) is 0 Å². The molecule has 1 heterocycles. The van der Waals surface area contributed by atoms with Crippen LogP contribution in [0, 0.1) is 6.92 Å². The Bertz CT molecular complexity index is 538. The predicted octanol–water partition coefficient (Wildman–Crippen LogP) is 2.52. The van der Waals surface area contributed by atoms with Gasteiger partial charge in [0.2, 0.25) is 0 Å². The van der Waals surface area contributed by atoms with Crippen LogP contribution in [0.2, 0.25) is 0 Å². The second-order valence-electron chi connectivity index (χ2n) is 4.83. The summed E-state index contributed by atoms with van der Waals surface area (Å²) in [6.45, 7) is 3.97. The van der Waals surface area contributed by atoms with E-state index in [1.165, 1.54) is 5.56 Å². The molecule has 1 saturated carbocycles. The van der Waals surface area contributed by atoms with Gasteiger partial charge in [0, 0.05) is 18.4 Å². The second-order valence-corrected chi connectivity index (χ2v) is 4.83. The zero-order valence-corrected chi connectivity index (χ0v) is 9.66. The van der Waals surface area contributed by atoms with Crippen LogP contribution < -0.4 is 5.73 Å². The molecule has 1 aromatic heterocycles. The highest BCUT2D eigenvalue weighted by molar-refractivity contribution is 5.78. The molecule has 3 nitrogen and oxygen atoms in total. The molecule has 1 fully saturated rings. The van der Waals surface area contributed by atoms with Gasteiger partial charge in [-0.2, -0.15) is 0 Å². The van der Waals surface area contributed by atoms with E-state index in [0.717, 1.165) is 29.8 Å². The summed E-state index contributed by atoms with van der Waals surface area (Å²) < 4.78 is 5.56. The molecule has 0 spiro atoms. The van der Waals surface area contributed by atoms with Gasteiger partial charge in [0.05, 0.1) is 0 Å². The molecule has 1 aromatic carbocycles. The fraction of sp³-hybridized carbons (Fsp3) is 0.462. The number of fused-ring (bicyclic) bond motifs is 1. The van der Waals surface area contributed by atoms with Crippen molar-refractivity contribution in [2.24, 2.45) is 5.73 Å². The SMILES string of the molecule is Cc1nc2c(C3(C(C)N)CC3)cccc2o1. The number of rotatable bonds is 2. The summed E-state index contributed by atoms with van der Waals surface area (Å²) >= 11 is 0. The molecule has 1 atom stereocenters. The van der Waals surface area contributed by atoms with Crippen LogP contribution in [0.25, 0.3) is 11.1 Å². The van der Waals surface area contributed by atoms with Gasteiger partial charge in [-0.15, -0.1) is 0 Å². The van der Waals surface area contributed by atoms with Gasteiger partial charge in [-0.3, -0.25) is 0 Å². The number of oxazole rings is 1. The molecule has 0 bridgehead atoms. The molecule has 2 aromatic rings. The Morgan fingerprint density at radius 1 is 1.44 bits per heavy atom. The maximum Gasteiger partial charge on any atom is 0.192 e. The lowest BCUT2D eigenvalue weighted by Gasteiger charge is -2.19. The summed E-state index contributed by atoms with van der Waals surface area (Å²) in [4.78, 5) is 4.48. The maximum atomic E-state index is 6.10. The number of aromatic nitrogens is 1. The fourth-order valence-corrected chi connectivity index (χ4v) is 2.57. The van der Waals surface area contributed by atoms with Gasteiger partial charge in [-0.05, 0) is 31.4 Å². The van der Waals surface area contributed by atoms with E-state index in [0.29, 0.717) is 0 Å². The molecule has 1 aliphatic carbocycles. The van der Waals surface area contributed by atoms with Crippen molar-refractivity contribution < 1.29 is 4.42 Å². The molecule has 84 valence electrons. The van der Waals surface area contributed by atoms with E-state index in [9.17, 15) is 0 Å².